The number of carbonyl (C=O) groups is 3. The van der Waals surface area contributed by atoms with Crippen molar-refractivity contribution in [1.82, 2.24) is 0 Å². The zero-order valence-corrected chi connectivity index (χ0v) is 16.9. The molecule has 6 unspecified atom stereocenters. The zero-order valence-electron chi connectivity index (χ0n) is 16.9. The summed E-state index contributed by atoms with van der Waals surface area (Å²) in [6.07, 6.45) is 2.74. The largest absolute Gasteiger partial charge is 0.462 e. The molecule has 4 bridgehead atoms. The van der Waals surface area contributed by atoms with Crippen molar-refractivity contribution in [2.24, 2.45) is 11.8 Å². The Labute approximate surface area is 165 Å². The maximum atomic E-state index is 12.5. The predicted molar refractivity (Wildman–Crippen MR) is 98.9 cm³/mol. The molecule has 0 aromatic rings. The van der Waals surface area contributed by atoms with Crippen LogP contribution >= 0.6 is 0 Å². The van der Waals surface area contributed by atoms with Crippen LogP contribution in [0.1, 0.15) is 65.7 Å². The zero-order chi connectivity index (χ0) is 20.5. The Hall–Kier alpha value is -1.89. The molecule has 0 spiro atoms. The van der Waals surface area contributed by atoms with Gasteiger partial charge in [-0.05, 0) is 44.9 Å². The summed E-state index contributed by atoms with van der Waals surface area (Å²) in [5.74, 6) is -1.11. The van der Waals surface area contributed by atoms with Gasteiger partial charge in [0.1, 0.15) is 6.10 Å². The van der Waals surface area contributed by atoms with Crippen LogP contribution in [0.4, 0.5) is 0 Å². The molecule has 6 atom stereocenters. The van der Waals surface area contributed by atoms with Gasteiger partial charge < -0.3 is 18.9 Å². The summed E-state index contributed by atoms with van der Waals surface area (Å²) < 4.78 is 22.6. The number of hydrogen-bond donors (Lipinski definition) is 0. The van der Waals surface area contributed by atoms with Crippen LogP contribution in [-0.4, -0.2) is 42.0 Å². The maximum Gasteiger partial charge on any atom is 0.349 e. The van der Waals surface area contributed by atoms with Crippen LogP contribution in [0, 0.1) is 11.8 Å². The van der Waals surface area contributed by atoms with Crippen LogP contribution in [-0.2, 0) is 33.3 Å². The molecule has 0 aromatic heterocycles. The van der Waals surface area contributed by atoms with Crippen molar-refractivity contribution >= 4 is 17.9 Å². The van der Waals surface area contributed by atoms with Crippen molar-refractivity contribution in [2.45, 2.75) is 89.8 Å². The SMILES string of the molecule is C=C(C)C(=O)OC(CC)C(=O)OC(CC)OC12CC3CC(C1)OC(=O)C(C3)C2. The summed E-state index contributed by atoms with van der Waals surface area (Å²) in [5, 5.41) is 0. The highest BCUT2D eigenvalue weighted by molar-refractivity contribution is 5.89. The van der Waals surface area contributed by atoms with E-state index >= 15 is 0 Å². The molecule has 4 aliphatic rings. The third kappa shape index (κ3) is 4.40. The molecule has 2 saturated heterocycles. The first-order valence-corrected chi connectivity index (χ1v) is 10.2. The lowest BCUT2D eigenvalue weighted by molar-refractivity contribution is -0.241. The summed E-state index contributed by atoms with van der Waals surface area (Å²) in [7, 11) is 0. The second-order valence-electron chi connectivity index (χ2n) is 8.36. The number of esters is 3. The fourth-order valence-electron chi connectivity index (χ4n) is 4.72. The van der Waals surface area contributed by atoms with Gasteiger partial charge in [-0.2, -0.15) is 0 Å². The van der Waals surface area contributed by atoms with E-state index in [9.17, 15) is 14.4 Å². The van der Waals surface area contributed by atoms with Gasteiger partial charge in [0, 0.05) is 18.4 Å². The first-order valence-electron chi connectivity index (χ1n) is 10.2. The molecule has 7 nitrogen and oxygen atoms in total. The molecule has 156 valence electrons. The Morgan fingerprint density at radius 2 is 1.93 bits per heavy atom. The molecule has 4 fully saturated rings. The monoisotopic (exact) mass is 394 g/mol. The Morgan fingerprint density at radius 1 is 1.18 bits per heavy atom. The number of fused-ring (bicyclic) bond motifs is 1. The van der Waals surface area contributed by atoms with E-state index in [-0.39, 0.29) is 23.6 Å². The number of hydrogen-bond acceptors (Lipinski definition) is 7. The predicted octanol–water partition coefficient (Wildman–Crippen LogP) is 3.05. The van der Waals surface area contributed by atoms with Crippen LogP contribution in [0.25, 0.3) is 0 Å². The van der Waals surface area contributed by atoms with E-state index < -0.39 is 29.9 Å². The van der Waals surface area contributed by atoms with Gasteiger partial charge in [0.2, 0.25) is 6.29 Å². The van der Waals surface area contributed by atoms with E-state index in [1.54, 1.807) is 6.92 Å². The number of carbonyl (C=O) groups excluding carboxylic acids is 3. The molecule has 2 saturated carbocycles. The third-order valence-electron chi connectivity index (χ3n) is 5.90. The van der Waals surface area contributed by atoms with Crippen LogP contribution in [0.5, 0.6) is 0 Å². The van der Waals surface area contributed by atoms with Crippen LogP contribution < -0.4 is 0 Å². The summed E-state index contributed by atoms with van der Waals surface area (Å²) in [5.41, 5.74) is -0.274. The Morgan fingerprint density at radius 3 is 2.57 bits per heavy atom. The topological polar surface area (TPSA) is 88.1 Å². The van der Waals surface area contributed by atoms with Crippen LogP contribution in [0.2, 0.25) is 0 Å². The van der Waals surface area contributed by atoms with Gasteiger partial charge in [-0.1, -0.05) is 20.4 Å². The summed E-state index contributed by atoms with van der Waals surface area (Å²) in [4.78, 5) is 36.5. The molecule has 0 N–H and O–H groups in total. The van der Waals surface area contributed by atoms with Crippen molar-refractivity contribution in [2.75, 3.05) is 0 Å². The summed E-state index contributed by atoms with van der Waals surface area (Å²) in [6.45, 7) is 8.66. The lowest BCUT2D eigenvalue weighted by Gasteiger charge is -2.47. The van der Waals surface area contributed by atoms with Gasteiger partial charge >= 0.3 is 17.9 Å². The van der Waals surface area contributed by atoms with E-state index in [2.05, 4.69) is 6.58 Å². The van der Waals surface area contributed by atoms with E-state index in [0.717, 1.165) is 19.3 Å². The standard InChI is InChI=1S/C21H30O7/c1-5-16(26-18(22)12(3)4)20(24)27-17(6-2)28-21-9-13-7-14(10-21)19(23)25-15(8-13)11-21/h13-17H,3,5-11H2,1-2,4H3. The normalized spacial score (nSPS) is 32.8. The van der Waals surface area contributed by atoms with E-state index in [0.29, 0.717) is 31.6 Å². The second-order valence-corrected chi connectivity index (χ2v) is 8.36. The van der Waals surface area contributed by atoms with E-state index in [4.69, 9.17) is 18.9 Å². The quantitative estimate of drug-likeness (QED) is 0.271. The van der Waals surface area contributed by atoms with Gasteiger partial charge in [0.15, 0.2) is 6.10 Å². The number of rotatable bonds is 8. The fraction of sp³-hybridized carbons (Fsp3) is 0.762. The Bertz CT molecular complexity index is 657. The summed E-state index contributed by atoms with van der Waals surface area (Å²) >= 11 is 0. The Kier molecular flexibility index (Phi) is 6.12. The van der Waals surface area contributed by atoms with Gasteiger partial charge in [-0.25, -0.2) is 9.59 Å². The molecule has 2 aliphatic heterocycles. The smallest absolute Gasteiger partial charge is 0.349 e. The van der Waals surface area contributed by atoms with Gasteiger partial charge in [0.25, 0.3) is 0 Å². The van der Waals surface area contributed by atoms with Gasteiger partial charge in [-0.15, -0.1) is 0 Å². The van der Waals surface area contributed by atoms with E-state index in [1.165, 1.54) is 6.92 Å². The molecule has 4 rings (SSSR count). The molecular weight excluding hydrogens is 364 g/mol. The van der Waals surface area contributed by atoms with Crippen molar-refractivity contribution in [3.63, 3.8) is 0 Å². The molecule has 0 radical (unpaired) electrons. The van der Waals surface area contributed by atoms with Crippen molar-refractivity contribution in [3.8, 4) is 0 Å². The lowest BCUT2D eigenvalue weighted by atomic mass is 9.65. The number of ether oxygens (including phenoxy) is 4. The fourth-order valence-corrected chi connectivity index (χ4v) is 4.72. The van der Waals surface area contributed by atoms with Crippen LogP contribution in [0.15, 0.2) is 12.2 Å². The lowest BCUT2D eigenvalue weighted by Crippen LogP contribution is -2.49. The van der Waals surface area contributed by atoms with Gasteiger partial charge in [0.05, 0.1) is 11.5 Å². The van der Waals surface area contributed by atoms with Gasteiger partial charge in [-0.3, -0.25) is 4.79 Å². The molecule has 28 heavy (non-hydrogen) atoms. The summed E-state index contributed by atoms with van der Waals surface area (Å²) in [6, 6.07) is 0. The molecule has 2 aliphatic carbocycles. The highest BCUT2D eigenvalue weighted by atomic mass is 16.7. The van der Waals surface area contributed by atoms with E-state index in [1.807, 2.05) is 6.92 Å². The highest BCUT2D eigenvalue weighted by Crippen LogP contribution is 2.51. The maximum absolute atomic E-state index is 12.5. The van der Waals surface area contributed by atoms with Crippen molar-refractivity contribution in [1.29, 1.82) is 0 Å². The molecular formula is C21H30O7. The first kappa shape index (κ1) is 20.8. The highest BCUT2D eigenvalue weighted by Gasteiger charge is 2.54. The minimum atomic E-state index is -0.995. The van der Waals surface area contributed by atoms with Crippen LogP contribution in [0.3, 0.4) is 0 Å². The van der Waals surface area contributed by atoms with Crippen molar-refractivity contribution < 1.29 is 33.3 Å². The average molecular weight is 394 g/mol. The third-order valence-corrected chi connectivity index (χ3v) is 5.90. The minimum absolute atomic E-state index is 0.119. The molecule has 0 aromatic carbocycles. The molecule has 0 amide bonds. The first-order chi connectivity index (χ1) is 13.2. The minimum Gasteiger partial charge on any atom is -0.462 e. The average Bonchev–Trinajstić information content (AvgIpc) is 2.79. The molecule has 2 heterocycles. The Balaban J connectivity index is 1.65. The molecule has 7 heteroatoms. The second kappa shape index (κ2) is 8.23. The van der Waals surface area contributed by atoms with Crippen molar-refractivity contribution in [3.05, 3.63) is 12.2 Å².